The van der Waals surface area contributed by atoms with E-state index in [9.17, 15) is 13.2 Å². The number of carbonyl (C=O) groups is 1. The van der Waals surface area contributed by atoms with Crippen LogP contribution in [0.4, 0.5) is 0 Å². The summed E-state index contributed by atoms with van der Waals surface area (Å²) >= 11 is 0. The van der Waals surface area contributed by atoms with Crippen LogP contribution in [-0.2, 0) is 20.6 Å². The molecule has 1 saturated carbocycles. The van der Waals surface area contributed by atoms with Gasteiger partial charge < -0.3 is 4.52 Å². The van der Waals surface area contributed by atoms with Gasteiger partial charge in [-0.25, -0.2) is 8.42 Å². The van der Waals surface area contributed by atoms with Crippen LogP contribution in [0.1, 0.15) is 25.5 Å². The maximum absolute atomic E-state index is 11.6. The van der Waals surface area contributed by atoms with Crippen molar-refractivity contribution >= 4 is 15.9 Å². The predicted molar refractivity (Wildman–Crippen MR) is 54.6 cm³/mol. The maximum Gasteiger partial charge on any atom is 0.240 e. The Kier molecular flexibility index (Phi) is 2.49. The summed E-state index contributed by atoms with van der Waals surface area (Å²) < 4.78 is 29.7. The van der Waals surface area contributed by atoms with E-state index in [1.54, 1.807) is 6.92 Å². The van der Waals surface area contributed by atoms with E-state index in [-0.39, 0.29) is 11.4 Å². The number of sulfonamides is 1. The van der Waals surface area contributed by atoms with Gasteiger partial charge in [0.25, 0.3) is 0 Å². The van der Waals surface area contributed by atoms with E-state index < -0.39 is 21.3 Å². The number of nitrogens with one attached hydrogen (secondary N) is 1. The highest BCUT2D eigenvalue weighted by Gasteiger charge is 2.46. The van der Waals surface area contributed by atoms with Gasteiger partial charge in [-0.1, -0.05) is 12.1 Å². The molecule has 0 radical (unpaired) electrons. The van der Waals surface area contributed by atoms with Gasteiger partial charge in [0.15, 0.2) is 0 Å². The molecule has 0 bridgehead atoms. The van der Waals surface area contributed by atoms with Crippen molar-refractivity contribution in [1.29, 1.82) is 0 Å². The van der Waals surface area contributed by atoms with Crippen LogP contribution in [0.25, 0.3) is 0 Å². The fourth-order valence-electron chi connectivity index (χ4n) is 1.22. The zero-order valence-electron chi connectivity index (χ0n) is 8.76. The molecular formula is C9H12N2O4S. The van der Waals surface area contributed by atoms with Crippen molar-refractivity contribution in [1.82, 2.24) is 9.88 Å². The molecule has 1 fully saturated rings. The largest absolute Gasteiger partial charge is 0.364 e. The lowest BCUT2D eigenvalue weighted by Gasteiger charge is -2.09. The third-order valence-electron chi connectivity index (χ3n) is 2.63. The van der Waals surface area contributed by atoms with E-state index in [2.05, 4.69) is 9.68 Å². The van der Waals surface area contributed by atoms with E-state index in [1.807, 2.05) is 4.72 Å². The Bertz CT molecular complexity index is 488. The fraction of sp³-hybridized carbons (Fsp3) is 0.556. The number of hydrogen-bond acceptors (Lipinski definition) is 5. The highest BCUT2D eigenvalue weighted by molar-refractivity contribution is 7.89. The molecule has 0 aliphatic heterocycles. The summed E-state index contributed by atoms with van der Waals surface area (Å²) in [4.78, 5) is 11.5. The summed E-state index contributed by atoms with van der Waals surface area (Å²) in [7, 11) is -3.67. The van der Waals surface area contributed by atoms with Gasteiger partial charge in [-0.3, -0.25) is 9.52 Å². The number of hydrogen-bond donors (Lipinski definition) is 1. The molecule has 7 heteroatoms. The first-order chi connectivity index (χ1) is 7.41. The minimum Gasteiger partial charge on any atom is -0.364 e. The molecule has 1 amide bonds. The minimum absolute atomic E-state index is 0.279. The van der Waals surface area contributed by atoms with E-state index in [0.29, 0.717) is 0 Å². The van der Waals surface area contributed by atoms with Crippen LogP contribution >= 0.6 is 0 Å². The first-order valence-electron chi connectivity index (χ1n) is 4.85. The van der Waals surface area contributed by atoms with Crippen LogP contribution < -0.4 is 4.72 Å². The van der Waals surface area contributed by atoms with Crippen LogP contribution in [0.15, 0.2) is 16.9 Å². The molecule has 0 saturated heterocycles. The molecule has 6 nitrogen and oxygen atoms in total. The van der Waals surface area contributed by atoms with Gasteiger partial charge in [-0.05, 0) is 12.8 Å². The smallest absolute Gasteiger partial charge is 0.240 e. The Hall–Kier alpha value is -1.37. The third-order valence-corrected chi connectivity index (χ3v) is 3.80. The maximum atomic E-state index is 11.6. The molecule has 88 valence electrons. The molecule has 1 aromatic rings. The Morgan fingerprint density at radius 1 is 1.62 bits per heavy atom. The van der Waals surface area contributed by atoms with Gasteiger partial charge >= 0.3 is 0 Å². The van der Waals surface area contributed by atoms with Crippen LogP contribution in [0.5, 0.6) is 0 Å². The van der Waals surface area contributed by atoms with Crippen molar-refractivity contribution in [2.45, 2.75) is 25.5 Å². The van der Waals surface area contributed by atoms with Crippen molar-refractivity contribution < 1.29 is 17.7 Å². The normalized spacial score (nSPS) is 18.1. The van der Waals surface area contributed by atoms with E-state index in [0.717, 1.165) is 12.8 Å². The molecule has 1 heterocycles. The average molecular weight is 244 g/mol. The highest BCUT2D eigenvalue weighted by Crippen LogP contribution is 2.45. The van der Waals surface area contributed by atoms with Crippen LogP contribution in [0.2, 0.25) is 0 Å². The molecule has 1 N–H and O–H groups in total. The lowest BCUT2D eigenvalue weighted by atomic mass is 10.1. The number of rotatable bonds is 4. The third kappa shape index (κ3) is 2.41. The number of amides is 1. The quantitative estimate of drug-likeness (QED) is 0.829. The second-order valence-electron chi connectivity index (χ2n) is 4.24. The lowest BCUT2D eigenvalue weighted by molar-refractivity contribution is -0.123. The Labute approximate surface area is 93.1 Å². The molecule has 1 aliphatic carbocycles. The van der Waals surface area contributed by atoms with Crippen molar-refractivity contribution in [2.24, 2.45) is 5.41 Å². The molecule has 0 aromatic carbocycles. The van der Waals surface area contributed by atoms with E-state index >= 15 is 0 Å². The zero-order valence-corrected chi connectivity index (χ0v) is 9.58. The SMILES string of the molecule is CC1(C(=O)NS(=O)(=O)Cc2ccon2)CC1. The number of aromatic nitrogens is 1. The second-order valence-corrected chi connectivity index (χ2v) is 5.96. The Morgan fingerprint density at radius 2 is 2.31 bits per heavy atom. The van der Waals surface area contributed by atoms with Gasteiger partial charge in [0.05, 0.1) is 0 Å². The van der Waals surface area contributed by atoms with Crippen molar-refractivity contribution in [3.05, 3.63) is 18.0 Å². The molecule has 0 unspecified atom stereocenters. The summed E-state index contributed by atoms with van der Waals surface area (Å²) in [6, 6.07) is 1.45. The number of carbonyl (C=O) groups excluding carboxylic acids is 1. The predicted octanol–water partition coefficient (Wildman–Crippen LogP) is 0.421. The van der Waals surface area contributed by atoms with Crippen LogP contribution in [0, 0.1) is 5.41 Å². The van der Waals surface area contributed by atoms with Gasteiger partial charge in [-0.15, -0.1) is 0 Å². The standard InChI is InChI=1S/C9H12N2O4S/c1-9(3-4-9)8(12)11-16(13,14)6-7-2-5-15-10-7/h2,5H,3-4,6H2,1H3,(H,11,12). The molecular weight excluding hydrogens is 232 g/mol. The Morgan fingerprint density at radius 3 is 2.81 bits per heavy atom. The fourth-order valence-corrected chi connectivity index (χ4v) is 2.36. The average Bonchev–Trinajstić information content (AvgIpc) is 2.74. The van der Waals surface area contributed by atoms with Crippen molar-refractivity contribution in [3.63, 3.8) is 0 Å². The Balaban J connectivity index is 2.00. The summed E-state index contributed by atoms with van der Waals surface area (Å²) in [6.07, 6.45) is 2.76. The number of nitrogens with zero attached hydrogens (tertiary/aromatic N) is 1. The summed E-state index contributed by atoms with van der Waals surface area (Å²) in [5, 5.41) is 3.48. The lowest BCUT2D eigenvalue weighted by Crippen LogP contribution is -2.36. The van der Waals surface area contributed by atoms with Gasteiger partial charge in [0, 0.05) is 11.5 Å². The minimum atomic E-state index is -3.67. The first-order valence-corrected chi connectivity index (χ1v) is 6.51. The molecule has 1 aliphatic rings. The topological polar surface area (TPSA) is 89.3 Å². The van der Waals surface area contributed by atoms with E-state index in [4.69, 9.17) is 0 Å². The molecule has 2 rings (SSSR count). The second kappa shape index (κ2) is 3.58. The van der Waals surface area contributed by atoms with Gasteiger partial charge in [0.2, 0.25) is 15.9 Å². The van der Waals surface area contributed by atoms with Crippen molar-refractivity contribution in [3.8, 4) is 0 Å². The highest BCUT2D eigenvalue weighted by atomic mass is 32.2. The zero-order chi connectivity index (χ0) is 11.8. The van der Waals surface area contributed by atoms with Crippen LogP contribution in [-0.4, -0.2) is 19.5 Å². The molecule has 16 heavy (non-hydrogen) atoms. The van der Waals surface area contributed by atoms with Gasteiger partial charge in [-0.2, -0.15) is 0 Å². The van der Waals surface area contributed by atoms with E-state index in [1.165, 1.54) is 12.3 Å². The summed E-state index contributed by atoms with van der Waals surface area (Å²) in [5.41, 5.74) is -0.224. The summed E-state index contributed by atoms with van der Waals surface area (Å²) in [6.45, 7) is 1.74. The molecule has 1 aromatic heterocycles. The summed E-state index contributed by atoms with van der Waals surface area (Å²) in [5.74, 6) is -0.776. The molecule has 0 spiro atoms. The van der Waals surface area contributed by atoms with Crippen molar-refractivity contribution in [2.75, 3.05) is 0 Å². The monoisotopic (exact) mass is 244 g/mol. The van der Waals surface area contributed by atoms with Crippen LogP contribution in [0.3, 0.4) is 0 Å². The first kappa shape index (κ1) is 11.1. The van der Waals surface area contributed by atoms with Gasteiger partial charge in [0.1, 0.15) is 17.7 Å². The molecule has 0 atom stereocenters.